The second-order valence-corrected chi connectivity index (χ2v) is 5.37. The Morgan fingerprint density at radius 3 is 2.88 bits per heavy atom. The minimum atomic E-state index is -0.482. The van der Waals surface area contributed by atoms with Crippen molar-refractivity contribution in [1.29, 1.82) is 0 Å². The highest BCUT2D eigenvalue weighted by Crippen LogP contribution is 2.28. The van der Waals surface area contributed by atoms with Crippen LogP contribution in [0.3, 0.4) is 0 Å². The van der Waals surface area contributed by atoms with E-state index in [1.54, 1.807) is 11.8 Å². The second kappa shape index (κ2) is 4.51. The molecule has 16 heavy (non-hydrogen) atoms. The van der Waals surface area contributed by atoms with E-state index in [9.17, 15) is 9.90 Å². The number of aromatic nitrogens is 1. The molecule has 1 heterocycles. The van der Waals surface area contributed by atoms with E-state index in [0.717, 1.165) is 17.7 Å². The summed E-state index contributed by atoms with van der Waals surface area (Å²) in [5, 5.41) is 9.39. The summed E-state index contributed by atoms with van der Waals surface area (Å²) in [7, 11) is 0. The smallest absolute Gasteiger partial charge is 0.273 e. The van der Waals surface area contributed by atoms with Crippen LogP contribution in [0.1, 0.15) is 35.1 Å². The van der Waals surface area contributed by atoms with Gasteiger partial charge in [0.15, 0.2) is 0 Å². The zero-order valence-electron chi connectivity index (χ0n) is 9.51. The van der Waals surface area contributed by atoms with Crippen LogP contribution < -0.4 is 0 Å². The summed E-state index contributed by atoms with van der Waals surface area (Å²) < 4.78 is 4.12. The van der Waals surface area contributed by atoms with Gasteiger partial charge in [0.25, 0.3) is 5.91 Å². The van der Waals surface area contributed by atoms with Gasteiger partial charge in [-0.2, -0.15) is 4.37 Å². The summed E-state index contributed by atoms with van der Waals surface area (Å²) in [6, 6.07) is 2.12. The summed E-state index contributed by atoms with van der Waals surface area (Å²) >= 11 is 1.34. The molecule has 0 saturated heterocycles. The number of rotatable bonds is 4. The molecule has 1 aliphatic carbocycles. The lowest BCUT2D eigenvalue weighted by Crippen LogP contribution is -2.38. The molecule has 4 nitrogen and oxygen atoms in total. The lowest BCUT2D eigenvalue weighted by atomic mass is 10.3. The van der Waals surface area contributed by atoms with Crippen molar-refractivity contribution in [3.63, 3.8) is 0 Å². The van der Waals surface area contributed by atoms with Crippen LogP contribution in [-0.2, 0) is 0 Å². The molecule has 5 heteroatoms. The van der Waals surface area contributed by atoms with E-state index >= 15 is 0 Å². The van der Waals surface area contributed by atoms with Gasteiger partial charge >= 0.3 is 0 Å². The molecule has 1 N–H and O–H groups in total. The summed E-state index contributed by atoms with van der Waals surface area (Å²) in [6.07, 6.45) is 1.60. The monoisotopic (exact) mass is 240 g/mol. The van der Waals surface area contributed by atoms with Crippen LogP contribution in [0, 0.1) is 6.92 Å². The molecule has 1 saturated carbocycles. The Bertz CT molecular complexity index is 385. The predicted octanol–water partition coefficient (Wildman–Crippen LogP) is 1.44. The Labute approximate surface area is 99.1 Å². The summed E-state index contributed by atoms with van der Waals surface area (Å²) in [5.74, 6) is -0.0484. The number of aliphatic hydroxyl groups is 1. The Morgan fingerprint density at radius 2 is 2.44 bits per heavy atom. The van der Waals surface area contributed by atoms with Crippen molar-refractivity contribution in [3.05, 3.63) is 16.6 Å². The van der Waals surface area contributed by atoms with Crippen LogP contribution >= 0.6 is 11.5 Å². The molecule has 0 aliphatic heterocycles. The Morgan fingerprint density at radius 1 is 1.75 bits per heavy atom. The van der Waals surface area contributed by atoms with Crippen molar-refractivity contribution in [2.45, 2.75) is 38.8 Å². The number of hydrogen-bond acceptors (Lipinski definition) is 4. The predicted molar refractivity (Wildman–Crippen MR) is 62.6 cm³/mol. The number of hydrogen-bond donors (Lipinski definition) is 1. The van der Waals surface area contributed by atoms with E-state index in [0.29, 0.717) is 18.3 Å². The first kappa shape index (κ1) is 11.5. The molecule has 0 spiro atoms. The number of aliphatic hydroxyl groups excluding tert-OH is 1. The molecule has 0 aromatic carbocycles. The number of carbonyl (C=O) groups is 1. The molecule has 1 unspecified atom stereocenters. The maximum Gasteiger partial charge on any atom is 0.273 e. The SMILES string of the molecule is Cc1cc(C(=O)N(CC(C)O)C2CC2)ns1. The molecule has 1 aromatic heterocycles. The highest BCUT2D eigenvalue weighted by molar-refractivity contribution is 7.05. The molecule has 2 rings (SSSR count). The lowest BCUT2D eigenvalue weighted by Gasteiger charge is -2.22. The lowest BCUT2D eigenvalue weighted by molar-refractivity contribution is 0.0625. The third-order valence-electron chi connectivity index (χ3n) is 2.56. The average Bonchev–Trinajstić information content (AvgIpc) is 2.96. The molecule has 88 valence electrons. The molecule has 1 aliphatic rings. The molecule has 1 amide bonds. The molecule has 0 bridgehead atoms. The third kappa shape index (κ3) is 2.59. The highest BCUT2D eigenvalue weighted by Gasteiger charge is 2.34. The van der Waals surface area contributed by atoms with Crippen molar-refractivity contribution in [1.82, 2.24) is 9.27 Å². The van der Waals surface area contributed by atoms with E-state index in [2.05, 4.69) is 4.37 Å². The van der Waals surface area contributed by atoms with Gasteiger partial charge in [0.2, 0.25) is 0 Å². The molecule has 0 radical (unpaired) electrons. The van der Waals surface area contributed by atoms with Gasteiger partial charge in [-0.25, -0.2) is 0 Å². The Hall–Kier alpha value is -0.940. The van der Waals surface area contributed by atoms with Gasteiger partial charge < -0.3 is 10.0 Å². The molecule has 1 aromatic rings. The number of nitrogens with zero attached hydrogens (tertiary/aromatic N) is 2. The Balaban J connectivity index is 2.10. The van der Waals surface area contributed by atoms with Crippen LogP contribution in [-0.4, -0.2) is 39.0 Å². The maximum atomic E-state index is 12.1. The third-order valence-corrected chi connectivity index (χ3v) is 3.25. The maximum absolute atomic E-state index is 12.1. The van der Waals surface area contributed by atoms with Gasteiger partial charge in [0, 0.05) is 17.5 Å². The Kier molecular flexibility index (Phi) is 3.25. The van der Waals surface area contributed by atoms with Crippen molar-refractivity contribution in [3.8, 4) is 0 Å². The van der Waals surface area contributed by atoms with E-state index in [1.165, 1.54) is 11.5 Å². The normalized spacial score (nSPS) is 17.2. The summed E-state index contributed by atoms with van der Waals surface area (Å²) in [6.45, 7) is 4.04. The largest absolute Gasteiger partial charge is 0.392 e. The second-order valence-electron chi connectivity index (χ2n) is 4.36. The van der Waals surface area contributed by atoms with Crippen molar-refractivity contribution >= 4 is 17.4 Å². The minimum Gasteiger partial charge on any atom is -0.392 e. The van der Waals surface area contributed by atoms with Crippen LogP contribution in [0.2, 0.25) is 0 Å². The summed E-state index contributed by atoms with van der Waals surface area (Å²) in [4.78, 5) is 14.9. The fourth-order valence-electron chi connectivity index (χ4n) is 1.68. The molecule has 1 atom stereocenters. The van der Waals surface area contributed by atoms with E-state index in [-0.39, 0.29) is 5.91 Å². The molecular weight excluding hydrogens is 224 g/mol. The van der Waals surface area contributed by atoms with Crippen molar-refractivity contribution in [2.75, 3.05) is 6.54 Å². The minimum absolute atomic E-state index is 0.0484. The standard InChI is InChI=1S/C11H16N2O2S/c1-7(14)6-13(9-3-4-9)11(15)10-5-8(2)16-12-10/h5,7,9,14H,3-4,6H2,1-2H3. The van der Waals surface area contributed by atoms with Gasteiger partial charge in [0.1, 0.15) is 5.69 Å². The molecular formula is C11H16N2O2S. The number of carbonyl (C=O) groups excluding carboxylic acids is 1. The zero-order valence-corrected chi connectivity index (χ0v) is 10.3. The quantitative estimate of drug-likeness (QED) is 0.866. The fraction of sp³-hybridized carbons (Fsp3) is 0.636. The first-order valence-electron chi connectivity index (χ1n) is 5.50. The van der Waals surface area contributed by atoms with Gasteiger partial charge in [-0.15, -0.1) is 0 Å². The number of amides is 1. The number of aryl methyl sites for hydroxylation is 1. The van der Waals surface area contributed by atoms with Crippen LogP contribution in [0.4, 0.5) is 0 Å². The van der Waals surface area contributed by atoms with Crippen LogP contribution in [0.5, 0.6) is 0 Å². The average molecular weight is 240 g/mol. The van der Waals surface area contributed by atoms with Crippen LogP contribution in [0.25, 0.3) is 0 Å². The van der Waals surface area contributed by atoms with E-state index in [1.807, 2.05) is 13.0 Å². The van der Waals surface area contributed by atoms with Crippen molar-refractivity contribution in [2.24, 2.45) is 0 Å². The van der Waals surface area contributed by atoms with E-state index in [4.69, 9.17) is 0 Å². The zero-order chi connectivity index (χ0) is 11.7. The van der Waals surface area contributed by atoms with Gasteiger partial charge in [0.05, 0.1) is 6.10 Å². The highest BCUT2D eigenvalue weighted by atomic mass is 32.1. The van der Waals surface area contributed by atoms with Crippen molar-refractivity contribution < 1.29 is 9.90 Å². The fourth-order valence-corrected chi connectivity index (χ4v) is 2.22. The van der Waals surface area contributed by atoms with Gasteiger partial charge in [-0.05, 0) is 44.3 Å². The first-order valence-corrected chi connectivity index (χ1v) is 6.27. The molecule has 1 fully saturated rings. The van der Waals surface area contributed by atoms with E-state index < -0.39 is 6.10 Å². The van der Waals surface area contributed by atoms with Gasteiger partial charge in [-0.1, -0.05) is 0 Å². The van der Waals surface area contributed by atoms with Gasteiger partial charge in [-0.3, -0.25) is 4.79 Å². The summed E-state index contributed by atoms with van der Waals surface area (Å²) in [5.41, 5.74) is 0.509. The first-order chi connectivity index (χ1) is 7.58. The van der Waals surface area contributed by atoms with Crippen LogP contribution in [0.15, 0.2) is 6.07 Å². The topological polar surface area (TPSA) is 53.4 Å².